The fourth-order valence-electron chi connectivity index (χ4n) is 2.60. The largest absolute Gasteiger partial charge is 0.356 e. The smallest absolute Gasteiger partial charge is 0.191 e. The molecule has 0 unspecified atom stereocenters. The first-order chi connectivity index (χ1) is 12.6. The molecule has 0 spiro atoms. The van der Waals surface area contributed by atoms with Crippen molar-refractivity contribution in [1.29, 1.82) is 0 Å². The molecule has 0 bridgehead atoms. The minimum atomic E-state index is -0.131. The van der Waals surface area contributed by atoms with Gasteiger partial charge in [0.25, 0.3) is 0 Å². The van der Waals surface area contributed by atoms with E-state index in [9.17, 15) is 4.39 Å². The van der Waals surface area contributed by atoms with Crippen LogP contribution in [0.25, 0.3) is 0 Å². The van der Waals surface area contributed by atoms with Crippen LogP contribution in [-0.2, 0) is 12.3 Å². The third-order valence-electron chi connectivity index (χ3n) is 3.92. The predicted octanol–water partition coefficient (Wildman–Crippen LogP) is 3.13. The molecule has 0 radical (unpaired) electrons. The van der Waals surface area contributed by atoms with Crippen LogP contribution < -0.4 is 10.6 Å². The van der Waals surface area contributed by atoms with Crippen molar-refractivity contribution in [3.05, 3.63) is 53.1 Å². The van der Waals surface area contributed by atoms with Crippen LogP contribution in [0.4, 0.5) is 4.39 Å². The Kier molecular flexibility index (Phi) is 8.47. The van der Waals surface area contributed by atoms with Gasteiger partial charge >= 0.3 is 0 Å². The molecule has 0 saturated carbocycles. The van der Waals surface area contributed by atoms with Crippen molar-refractivity contribution in [3.63, 3.8) is 0 Å². The highest BCUT2D eigenvalue weighted by Gasteiger charge is 2.02. The topological polar surface area (TPSA) is 54.2 Å². The Morgan fingerprint density at radius 1 is 1.23 bits per heavy atom. The van der Waals surface area contributed by atoms with Crippen LogP contribution in [0.3, 0.4) is 0 Å². The summed E-state index contributed by atoms with van der Waals surface area (Å²) in [5, 5.41) is 11.1. The summed E-state index contributed by atoms with van der Waals surface area (Å²) in [5.74, 6) is 2.24. The summed E-state index contributed by atoms with van der Waals surface area (Å²) in [6, 6.07) is 9.02. The normalized spacial score (nSPS) is 11.6. The minimum absolute atomic E-state index is 0.131. The maximum Gasteiger partial charge on any atom is 0.191 e. The number of guanidine groups is 1. The van der Waals surface area contributed by atoms with Gasteiger partial charge in [-0.15, -0.1) is 0 Å². The van der Waals surface area contributed by atoms with Gasteiger partial charge in [0.2, 0.25) is 0 Å². The predicted molar refractivity (Wildman–Crippen MR) is 108 cm³/mol. The van der Waals surface area contributed by atoms with Gasteiger partial charge in [0, 0.05) is 43.9 Å². The van der Waals surface area contributed by atoms with E-state index in [-0.39, 0.29) is 5.82 Å². The Morgan fingerprint density at radius 3 is 2.69 bits per heavy atom. The van der Waals surface area contributed by atoms with Crippen LogP contribution in [0.2, 0.25) is 0 Å². The van der Waals surface area contributed by atoms with E-state index in [2.05, 4.69) is 33.7 Å². The lowest BCUT2D eigenvalue weighted by Gasteiger charge is -2.12. The Labute approximate surface area is 159 Å². The molecule has 26 heavy (non-hydrogen) atoms. The minimum Gasteiger partial charge on any atom is -0.356 e. The molecule has 0 atom stereocenters. The Bertz CT molecular complexity index is 714. The monoisotopic (exact) mass is 377 g/mol. The second-order valence-electron chi connectivity index (χ2n) is 6.07. The highest BCUT2D eigenvalue weighted by atomic mass is 32.2. The summed E-state index contributed by atoms with van der Waals surface area (Å²) in [7, 11) is 1.77. The Balaban J connectivity index is 1.57. The van der Waals surface area contributed by atoms with Gasteiger partial charge in [-0.25, -0.2) is 4.39 Å². The molecule has 1 aromatic heterocycles. The number of rotatable bonds is 9. The first kappa shape index (κ1) is 20.3. The quantitative estimate of drug-likeness (QED) is 0.400. The number of hydrogen-bond acceptors (Lipinski definition) is 3. The molecule has 1 aromatic carbocycles. The van der Waals surface area contributed by atoms with Crippen LogP contribution in [0.1, 0.15) is 23.4 Å². The molecule has 0 amide bonds. The summed E-state index contributed by atoms with van der Waals surface area (Å²) in [6.45, 7) is 6.60. The summed E-state index contributed by atoms with van der Waals surface area (Å²) < 4.78 is 15.6. The molecule has 2 rings (SSSR count). The van der Waals surface area contributed by atoms with E-state index in [1.165, 1.54) is 11.8 Å². The van der Waals surface area contributed by atoms with E-state index in [1.807, 2.05) is 23.7 Å². The first-order valence-corrected chi connectivity index (χ1v) is 10.0. The standard InChI is InChI=1S/C19H28FN5S/c1-15-13-16(2)25(24-15)11-6-9-22-19(21-3)23-10-12-26-14-17-7-4-5-8-18(17)20/h4-5,7-8,13H,6,9-12,14H2,1-3H3,(H2,21,22,23). The van der Waals surface area contributed by atoms with Gasteiger partial charge in [-0.2, -0.15) is 16.9 Å². The van der Waals surface area contributed by atoms with E-state index < -0.39 is 0 Å². The molecule has 0 aliphatic heterocycles. The highest BCUT2D eigenvalue weighted by Crippen LogP contribution is 2.14. The van der Waals surface area contributed by atoms with Gasteiger partial charge in [-0.3, -0.25) is 9.67 Å². The molecule has 0 aliphatic rings. The van der Waals surface area contributed by atoms with Gasteiger partial charge in [0.15, 0.2) is 5.96 Å². The van der Waals surface area contributed by atoms with E-state index in [0.29, 0.717) is 5.75 Å². The second-order valence-corrected chi connectivity index (χ2v) is 7.18. The zero-order valence-electron chi connectivity index (χ0n) is 15.8. The van der Waals surface area contributed by atoms with Gasteiger partial charge in [-0.05, 0) is 38.0 Å². The zero-order valence-corrected chi connectivity index (χ0v) is 16.6. The third kappa shape index (κ3) is 6.71. The SMILES string of the molecule is CN=C(NCCCn1nc(C)cc1C)NCCSCc1ccccc1F. The zero-order chi connectivity index (χ0) is 18.8. The molecular formula is C19H28FN5S. The number of nitrogens with one attached hydrogen (secondary N) is 2. The maximum atomic E-state index is 13.5. The van der Waals surface area contributed by atoms with Gasteiger partial charge in [-0.1, -0.05) is 18.2 Å². The lowest BCUT2D eigenvalue weighted by molar-refractivity contribution is 0.555. The Hall–Kier alpha value is -2.02. The number of aryl methyl sites for hydroxylation is 3. The lowest BCUT2D eigenvalue weighted by atomic mass is 10.2. The number of halogens is 1. The van der Waals surface area contributed by atoms with E-state index >= 15 is 0 Å². The van der Waals surface area contributed by atoms with Crippen LogP contribution >= 0.6 is 11.8 Å². The van der Waals surface area contributed by atoms with Gasteiger partial charge in [0.1, 0.15) is 5.82 Å². The summed E-state index contributed by atoms with van der Waals surface area (Å²) in [4.78, 5) is 4.23. The number of aromatic nitrogens is 2. The summed E-state index contributed by atoms with van der Waals surface area (Å²) in [6.07, 6.45) is 0.977. The van der Waals surface area contributed by atoms with Crippen molar-refractivity contribution >= 4 is 17.7 Å². The van der Waals surface area contributed by atoms with Gasteiger partial charge < -0.3 is 10.6 Å². The first-order valence-electron chi connectivity index (χ1n) is 8.87. The summed E-state index contributed by atoms with van der Waals surface area (Å²) >= 11 is 1.71. The van der Waals surface area contributed by atoms with E-state index in [1.54, 1.807) is 24.9 Å². The molecule has 0 aliphatic carbocycles. The molecule has 5 nitrogen and oxygen atoms in total. The van der Waals surface area contributed by atoms with Crippen molar-refractivity contribution in [2.45, 2.75) is 32.6 Å². The molecule has 0 fully saturated rings. The fourth-order valence-corrected chi connectivity index (χ4v) is 3.44. The molecule has 1 heterocycles. The molecule has 7 heteroatoms. The van der Waals surface area contributed by atoms with Crippen molar-refractivity contribution < 1.29 is 4.39 Å². The molecule has 142 valence electrons. The number of aliphatic imine (C=N–C) groups is 1. The number of hydrogen-bond donors (Lipinski definition) is 2. The number of thioether (sulfide) groups is 1. The molecule has 2 N–H and O–H groups in total. The molecule has 0 saturated heterocycles. The van der Waals surface area contributed by atoms with Crippen LogP contribution in [0.15, 0.2) is 35.3 Å². The molecule has 2 aromatic rings. The molecular weight excluding hydrogens is 349 g/mol. The van der Waals surface area contributed by atoms with Gasteiger partial charge in [0.05, 0.1) is 5.69 Å². The van der Waals surface area contributed by atoms with E-state index in [4.69, 9.17) is 0 Å². The fraction of sp³-hybridized carbons (Fsp3) is 0.474. The third-order valence-corrected chi connectivity index (χ3v) is 4.93. The summed E-state index contributed by atoms with van der Waals surface area (Å²) in [5.41, 5.74) is 3.00. The van der Waals surface area contributed by atoms with Crippen molar-refractivity contribution in [1.82, 2.24) is 20.4 Å². The number of benzene rings is 1. The van der Waals surface area contributed by atoms with Crippen molar-refractivity contribution in [3.8, 4) is 0 Å². The van der Waals surface area contributed by atoms with Crippen LogP contribution in [0.5, 0.6) is 0 Å². The highest BCUT2D eigenvalue weighted by molar-refractivity contribution is 7.98. The van der Waals surface area contributed by atoms with Crippen molar-refractivity contribution in [2.75, 3.05) is 25.9 Å². The van der Waals surface area contributed by atoms with Crippen LogP contribution in [-0.4, -0.2) is 41.6 Å². The van der Waals surface area contributed by atoms with E-state index in [0.717, 1.165) is 49.0 Å². The Morgan fingerprint density at radius 2 is 2.00 bits per heavy atom. The lowest BCUT2D eigenvalue weighted by Crippen LogP contribution is -2.39. The average molecular weight is 378 g/mol. The maximum absolute atomic E-state index is 13.5. The second kappa shape index (κ2) is 10.9. The number of nitrogens with zero attached hydrogens (tertiary/aromatic N) is 3. The average Bonchev–Trinajstić information content (AvgIpc) is 2.95. The van der Waals surface area contributed by atoms with Crippen LogP contribution in [0, 0.1) is 19.7 Å². The van der Waals surface area contributed by atoms with Crippen molar-refractivity contribution in [2.24, 2.45) is 4.99 Å².